The number of benzene rings is 1. The maximum atomic E-state index is 6.47. The Kier molecular flexibility index (Phi) is 5.27. The van der Waals surface area contributed by atoms with Crippen LogP contribution in [0.15, 0.2) is 18.2 Å². The minimum Gasteiger partial charge on any atom is -0.326 e. The summed E-state index contributed by atoms with van der Waals surface area (Å²) in [5.74, 6) is 1.20. The summed E-state index contributed by atoms with van der Waals surface area (Å²) in [6.07, 6.45) is 1.01. The Hall–Kier alpha value is -0.120. The number of thioether (sulfide) groups is 2. The van der Waals surface area contributed by atoms with Gasteiger partial charge in [-0.15, -0.1) is 0 Å². The first-order valence-corrected chi connectivity index (χ1v) is 9.05. The van der Waals surface area contributed by atoms with E-state index in [1.807, 2.05) is 0 Å². The van der Waals surface area contributed by atoms with Crippen molar-refractivity contribution in [2.45, 2.75) is 55.9 Å². The van der Waals surface area contributed by atoms with Gasteiger partial charge in [0.25, 0.3) is 0 Å². The van der Waals surface area contributed by atoms with Crippen LogP contribution in [-0.2, 0) is 6.42 Å². The second-order valence-corrected chi connectivity index (χ2v) is 8.75. The van der Waals surface area contributed by atoms with Crippen LogP contribution in [0.3, 0.4) is 0 Å². The van der Waals surface area contributed by atoms with Crippen LogP contribution >= 0.6 is 23.5 Å². The Morgan fingerprint density at radius 3 is 2.68 bits per heavy atom. The fourth-order valence-electron chi connectivity index (χ4n) is 2.44. The fraction of sp³-hybridized carbons (Fsp3) is 0.625. The Morgan fingerprint density at radius 1 is 1.26 bits per heavy atom. The molecular weight excluding hydrogens is 270 g/mol. The molecule has 2 N–H and O–H groups in total. The zero-order valence-corrected chi connectivity index (χ0v) is 14.0. The average Bonchev–Trinajstić information content (AvgIpc) is 2.37. The molecule has 1 aromatic rings. The summed E-state index contributed by atoms with van der Waals surface area (Å²) in [6.45, 7) is 9.01. The van der Waals surface area contributed by atoms with Crippen LogP contribution < -0.4 is 5.73 Å². The van der Waals surface area contributed by atoms with Crippen molar-refractivity contribution in [2.75, 3.05) is 5.75 Å². The van der Waals surface area contributed by atoms with Gasteiger partial charge in [-0.05, 0) is 31.4 Å². The Morgan fingerprint density at radius 2 is 2.00 bits per heavy atom. The summed E-state index contributed by atoms with van der Waals surface area (Å²) in [7, 11) is 0. The summed E-state index contributed by atoms with van der Waals surface area (Å²) in [5, 5.41) is 2.07. The lowest BCUT2D eigenvalue weighted by Gasteiger charge is -2.34. The highest BCUT2D eigenvalue weighted by molar-refractivity contribution is 8.07. The molecule has 3 heteroatoms. The molecule has 0 saturated carbocycles. The van der Waals surface area contributed by atoms with E-state index in [1.165, 1.54) is 22.4 Å². The van der Waals surface area contributed by atoms with Gasteiger partial charge in [0, 0.05) is 27.5 Å². The number of aryl methyl sites for hydroxylation is 2. The smallest absolute Gasteiger partial charge is 0.0295 e. The van der Waals surface area contributed by atoms with Gasteiger partial charge in [-0.25, -0.2) is 0 Å². The lowest BCUT2D eigenvalue weighted by Crippen LogP contribution is -2.41. The molecule has 1 saturated heterocycles. The Bertz CT molecular complexity index is 433. The number of hydrogen-bond acceptors (Lipinski definition) is 3. The molecule has 1 fully saturated rings. The van der Waals surface area contributed by atoms with E-state index in [9.17, 15) is 0 Å². The normalized spacial score (nSPS) is 29.2. The first kappa shape index (κ1) is 15.3. The lowest BCUT2D eigenvalue weighted by molar-refractivity contribution is 0.654. The largest absolute Gasteiger partial charge is 0.326 e. The van der Waals surface area contributed by atoms with Crippen LogP contribution in [0.25, 0.3) is 0 Å². The SMILES string of the molecule is Cc1ccc(C)c(CC(N)C2CSC(C)C(C)S2)c1. The van der Waals surface area contributed by atoms with E-state index in [0.29, 0.717) is 10.5 Å². The minimum absolute atomic E-state index is 0.271. The molecule has 0 amide bonds. The second-order valence-electron chi connectivity index (χ2n) is 5.72. The third-order valence-corrected chi connectivity index (χ3v) is 7.58. The predicted molar refractivity (Wildman–Crippen MR) is 90.4 cm³/mol. The molecule has 1 heterocycles. The molecule has 19 heavy (non-hydrogen) atoms. The van der Waals surface area contributed by atoms with E-state index in [4.69, 9.17) is 5.73 Å². The molecule has 1 aliphatic rings. The van der Waals surface area contributed by atoms with Crippen molar-refractivity contribution in [3.63, 3.8) is 0 Å². The molecule has 1 aliphatic heterocycles. The molecular formula is C16H25NS2. The first-order valence-electron chi connectivity index (χ1n) is 7.06. The van der Waals surface area contributed by atoms with Gasteiger partial charge in [0.2, 0.25) is 0 Å². The summed E-state index contributed by atoms with van der Waals surface area (Å²) < 4.78 is 0. The van der Waals surface area contributed by atoms with E-state index in [2.05, 4.69) is 69.4 Å². The Balaban J connectivity index is 2.01. The van der Waals surface area contributed by atoms with Gasteiger partial charge >= 0.3 is 0 Å². The van der Waals surface area contributed by atoms with E-state index >= 15 is 0 Å². The molecule has 4 atom stereocenters. The number of hydrogen-bond donors (Lipinski definition) is 1. The highest BCUT2D eigenvalue weighted by Gasteiger charge is 2.29. The lowest BCUT2D eigenvalue weighted by atomic mass is 9.98. The van der Waals surface area contributed by atoms with E-state index < -0.39 is 0 Å². The van der Waals surface area contributed by atoms with Crippen LogP contribution in [0.5, 0.6) is 0 Å². The predicted octanol–water partition coefficient (Wildman–Crippen LogP) is 3.80. The fourth-order valence-corrected chi connectivity index (χ4v) is 5.50. The quantitative estimate of drug-likeness (QED) is 0.918. The second kappa shape index (κ2) is 6.55. The number of nitrogens with two attached hydrogens (primary N) is 1. The van der Waals surface area contributed by atoms with Crippen molar-refractivity contribution in [3.8, 4) is 0 Å². The van der Waals surface area contributed by atoms with Gasteiger partial charge in [0.1, 0.15) is 0 Å². The standard InChI is InChI=1S/C16H25NS2/c1-10-5-6-11(2)14(7-10)8-15(17)16-9-18-12(3)13(4)19-16/h5-7,12-13,15-16H,8-9,17H2,1-4H3. The molecule has 0 radical (unpaired) electrons. The van der Waals surface area contributed by atoms with Crippen LogP contribution in [-0.4, -0.2) is 27.5 Å². The van der Waals surface area contributed by atoms with Gasteiger partial charge in [0.15, 0.2) is 0 Å². The van der Waals surface area contributed by atoms with E-state index in [1.54, 1.807) is 0 Å². The first-order chi connectivity index (χ1) is 8.97. The average molecular weight is 296 g/mol. The highest BCUT2D eigenvalue weighted by atomic mass is 32.2. The van der Waals surface area contributed by atoms with Crippen LogP contribution in [0.1, 0.15) is 30.5 Å². The number of rotatable bonds is 3. The van der Waals surface area contributed by atoms with Gasteiger partial charge in [0.05, 0.1) is 0 Å². The molecule has 0 spiro atoms. The van der Waals surface area contributed by atoms with Crippen molar-refractivity contribution >= 4 is 23.5 Å². The van der Waals surface area contributed by atoms with Crippen LogP contribution in [0.4, 0.5) is 0 Å². The van der Waals surface area contributed by atoms with Crippen molar-refractivity contribution in [1.82, 2.24) is 0 Å². The maximum Gasteiger partial charge on any atom is 0.0295 e. The summed E-state index contributed by atoms with van der Waals surface area (Å²) in [5.41, 5.74) is 10.6. The third kappa shape index (κ3) is 3.93. The maximum absolute atomic E-state index is 6.47. The zero-order chi connectivity index (χ0) is 14.0. The summed E-state index contributed by atoms with van der Waals surface area (Å²) in [4.78, 5) is 0. The molecule has 1 aromatic carbocycles. The molecule has 0 aromatic heterocycles. The minimum atomic E-state index is 0.271. The molecule has 2 rings (SSSR count). The van der Waals surface area contributed by atoms with Gasteiger partial charge in [-0.2, -0.15) is 23.5 Å². The molecule has 0 aliphatic carbocycles. The Labute approximate surface area is 126 Å². The van der Waals surface area contributed by atoms with E-state index in [-0.39, 0.29) is 6.04 Å². The summed E-state index contributed by atoms with van der Waals surface area (Å²) >= 11 is 4.17. The monoisotopic (exact) mass is 295 g/mol. The topological polar surface area (TPSA) is 26.0 Å². The van der Waals surface area contributed by atoms with Gasteiger partial charge in [-0.3, -0.25) is 0 Å². The van der Waals surface area contributed by atoms with Crippen molar-refractivity contribution in [3.05, 3.63) is 34.9 Å². The van der Waals surface area contributed by atoms with Crippen LogP contribution in [0, 0.1) is 13.8 Å². The molecule has 1 nitrogen and oxygen atoms in total. The molecule has 106 valence electrons. The molecule has 0 bridgehead atoms. The van der Waals surface area contributed by atoms with Crippen molar-refractivity contribution in [2.24, 2.45) is 5.73 Å². The van der Waals surface area contributed by atoms with Crippen LogP contribution in [0.2, 0.25) is 0 Å². The summed E-state index contributed by atoms with van der Waals surface area (Å²) in [6, 6.07) is 6.96. The van der Waals surface area contributed by atoms with Gasteiger partial charge < -0.3 is 5.73 Å². The van der Waals surface area contributed by atoms with Crippen molar-refractivity contribution < 1.29 is 0 Å². The zero-order valence-electron chi connectivity index (χ0n) is 12.3. The highest BCUT2D eigenvalue weighted by Crippen LogP contribution is 2.37. The third-order valence-electron chi connectivity index (χ3n) is 4.01. The molecule has 4 unspecified atom stereocenters. The van der Waals surface area contributed by atoms with Crippen molar-refractivity contribution in [1.29, 1.82) is 0 Å². The van der Waals surface area contributed by atoms with E-state index in [0.717, 1.165) is 11.7 Å². The van der Waals surface area contributed by atoms with Gasteiger partial charge in [-0.1, -0.05) is 37.6 Å².